The second kappa shape index (κ2) is 11.0. The van der Waals surface area contributed by atoms with Crippen molar-refractivity contribution in [1.29, 1.82) is 0 Å². The summed E-state index contributed by atoms with van der Waals surface area (Å²) in [6, 6.07) is 7.40. The number of hydrogen-bond donors (Lipinski definition) is 1. The zero-order chi connectivity index (χ0) is 27.8. The minimum Gasteiger partial charge on any atom is -0.461 e. The highest BCUT2D eigenvalue weighted by Crippen LogP contribution is 2.40. The molecule has 2 N–H and O–H groups in total. The molecule has 1 fully saturated rings. The van der Waals surface area contributed by atoms with E-state index in [1.807, 2.05) is 6.92 Å². The van der Waals surface area contributed by atoms with Gasteiger partial charge >= 0.3 is 0 Å². The van der Waals surface area contributed by atoms with Crippen LogP contribution in [0.25, 0.3) is 17.2 Å². The number of carbonyl (C=O) groups excluding carboxylic acids is 1. The van der Waals surface area contributed by atoms with Gasteiger partial charge in [0.05, 0.1) is 12.0 Å². The van der Waals surface area contributed by atoms with Gasteiger partial charge in [0.1, 0.15) is 17.3 Å². The quantitative estimate of drug-likeness (QED) is 0.336. The van der Waals surface area contributed by atoms with E-state index in [1.54, 1.807) is 29.4 Å². The Hall–Kier alpha value is -3.86. The largest absolute Gasteiger partial charge is 0.461 e. The van der Waals surface area contributed by atoms with Gasteiger partial charge in [-0.15, -0.1) is 5.10 Å². The molecule has 0 spiro atoms. The lowest BCUT2D eigenvalue weighted by atomic mass is 9.88. The van der Waals surface area contributed by atoms with Crippen molar-refractivity contribution in [2.24, 2.45) is 5.92 Å². The lowest BCUT2D eigenvalue weighted by Gasteiger charge is -2.34. The van der Waals surface area contributed by atoms with Crippen molar-refractivity contribution in [2.75, 3.05) is 36.8 Å². The topological polar surface area (TPSA) is 106 Å². The normalized spacial score (nSPS) is 18.5. The molecule has 3 aromatic heterocycles. The fourth-order valence-corrected chi connectivity index (χ4v) is 6.11. The maximum absolute atomic E-state index is 14.1. The van der Waals surface area contributed by atoms with Crippen molar-refractivity contribution >= 4 is 23.2 Å². The molecule has 0 saturated carbocycles. The first-order chi connectivity index (χ1) is 19.4. The Morgan fingerprint density at radius 2 is 1.98 bits per heavy atom. The van der Waals surface area contributed by atoms with E-state index in [-0.39, 0.29) is 17.8 Å². The smallest absolute Gasteiger partial charge is 0.227 e. The van der Waals surface area contributed by atoms with Crippen molar-refractivity contribution in [3.63, 3.8) is 0 Å². The van der Waals surface area contributed by atoms with Crippen LogP contribution in [0.5, 0.6) is 0 Å². The Morgan fingerprint density at radius 1 is 1.15 bits per heavy atom. The summed E-state index contributed by atoms with van der Waals surface area (Å²) in [6.45, 7) is 5.24. The number of piperidine rings is 1. The van der Waals surface area contributed by atoms with Crippen molar-refractivity contribution in [1.82, 2.24) is 24.5 Å². The number of fused-ring (bicyclic) bond motifs is 3. The number of amides is 1. The first-order valence-electron chi connectivity index (χ1n) is 14.0. The Kier molecular flexibility index (Phi) is 7.22. The van der Waals surface area contributed by atoms with E-state index in [2.05, 4.69) is 10.00 Å². The number of hydrogen-bond acceptors (Lipinski definition) is 7. The number of furan rings is 1. The van der Waals surface area contributed by atoms with Crippen molar-refractivity contribution in [3.8, 4) is 11.6 Å². The van der Waals surface area contributed by atoms with Crippen LogP contribution in [-0.2, 0) is 11.2 Å². The molecule has 210 valence electrons. The number of aromatic nitrogens is 4. The van der Waals surface area contributed by atoms with Crippen molar-refractivity contribution in [3.05, 3.63) is 59.5 Å². The van der Waals surface area contributed by atoms with E-state index in [0.717, 1.165) is 57.1 Å². The number of benzene rings is 1. The van der Waals surface area contributed by atoms with Crippen LogP contribution in [0.2, 0.25) is 0 Å². The van der Waals surface area contributed by atoms with Crippen molar-refractivity contribution in [2.45, 2.75) is 51.4 Å². The molecule has 1 unspecified atom stereocenters. The highest BCUT2D eigenvalue weighted by Gasteiger charge is 2.35. The van der Waals surface area contributed by atoms with Gasteiger partial charge in [-0.1, -0.05) is 6.07 Å². The van der Waals surface area contributed by atoms with E-state index >= 15 is 0 Å². The van der Waals surface area contributed by atoms with E-state index in [4.69, 9.17) is 20.1 Å². The second-order valence-corrected chi connectivity index (χ2v) is 10.8. The molecule has 4 aromatic rings. The van der Waals surface area contributed by atoms with Crippen LogP contribution in [0, 0.1) is 17.6 Å². The summed E-state index contributed by atoms with van der Waals surface area (Å²) in [6.07, 6.45) is 6.26. The van der Waals surface area contributed by atoms with Crippen LogP contribution in [0.3, 0.4) is 0 Å². The van der Waals surface area contributed by atoms with Gasteiger partial charge in [0.25, 0.3) is 0 Å². The number of carbonyl (C=O) groups is 1. The molecular formula is C29H33F2N7O2. The number of nitrogens with two attached hydrogens (primary N) is 1. The Morgan fingerprint density at radius 3 is 2.70 bits per heavy atom. The molecule has 40 heavy (non-hydrogen) atoms. The summed E-state index contributed by atoms with van der Waals surface area (Å²) in [5.74, 6) is 0.528. The number of rotatable bonds is 8. The number of nitrogen functional groups attached to an aromatic ring is 1. The zero-order valence-corrected chi connectivity index (χ0v) is 22.5. The first-order valence-corrected chi connectivity index (χ1v) is 14.0. The Bertz CT molecular complexity index is 1510. The lowest BCUT2D eigenvalue weighted by molar-refractivity contribution is -0.119. The van der Waals surface area contributed by atoms with Gasteiger partial charge in [-0.3, -0.25) is 4.79 Å². The standard InChI is InChI=1S/C29H33F2N7O2/c1-2-37-24(39)16-20(25-26(37)28-34-27(23-6-4-14-40-23)35-38(28)29(32)33-25)5-3-11-36-12-9-18(10-13-36)15-19-7-8-21(30)17-22(19)31/h4,6-8,14,17-18,20H,2-3,5,9-13,15-16H2,1H3,(H2,32,33). The van der Waals surface area contributed by atoms with Gasteiger partial charge in [0, 0.05) is 24.9 Å². The van der Waals surface area contributed by atoms with Crippen LogP contribution in [-0.4, -0.2) is 56.6 Å². The molecule has 1 atom stereocenters. The van der Waals surface area contributed by atoms with Crippen LogP contribution < -0.4 is 10.6 Å². The lowest BCUT2D eigenvalue weighted by Crippen LogP contribution is -2.38. The van der Waals surface area contributed by atoms with Gasteiger partial charge in [0.2, 0.25) is 17.7 Å². The number of halogens is 2. The molecule has 0 bridgehead atoms. The highest BCUT2D eigenvalue weighted by molar-refractivity contribution is 6.00. The summed E-state index contributed by atoms with van der Waals surface area (Å²) in [5.41, 5.74) is 8.90. The molecule has 9 nitrogen and oxygen atoms in total. The molecule has 0 aliphatic carbocycles. The van der Waals surface area contributed by atoms with Crippen molar-refractivity contribution < 1.29 is 18.0 Å². The van der Waals surface area contributed by atoms with E-state index < -0.39 is 11.6 Å². The summed E-state index contributed by atoms with van der Waals surface area (Å²) in [7, 11) is 0. The number of likely N-dealkylation sites (tertiary alicyclic amines) is 1. The number of anilines is 2. The average Bonchev–Trinajstić information content (AvgIpc) is 3.63. The van der Waals surface area contributed by atoms with Crippen LogP contribution >= 0.6 is 0 Å². The summed E-state index contributed by atoms with van der Waals surface area (Å²) in [5, 5.41) is 4.49. The van der Waals surface area contributed by atoms with Gasteiger partial charge in [-0.05, 0) is 88.3 Å². The minimum atomic E-state index is -0.539. The summed E-state index contributed by atoms with van der Waals surface area (Å²) >= 11 is 0. The third-order valence-electron chi connectivity index (χ3n) is 8.21. The second-order valence-electron chi connectivity index (χ2n) is 10.8. The van der Waals surface area contributed by atoms with E-state index in [0.29, 0.717) is 53.8 Å². The molecular weight excluding hydrogens is 516 g/mol. The predicted molar refractivity (Wildman–Crippen MR) is 147 cm³/mol. The maximum atomic E-state index is 14.1. The van der Waals surface area contributed by atoms with Gasteiger partial charge in [-0.25, -0.2) is 18.7 Å². The molecule has 11 heteroatoms. The predicted octanol–water partition coefficient (Wildman–Crippen LogP) is 4.82. The van der Waals surface area contributed by atoms with E-state index in [9.17, 15) is 13.6 Å². The van der Waals surface area contributed by atoms with E-state index in [1.165, 1.54) is 10.6 Å². The third-order valence-corrected chi connectivity index (χ3v) is 8.21. The van der Waals surface area contributed by atoms with Gasteiger partial charge in [0.15, 0.2) is 11.4 Å². The van der Waals surface area contributed by atoms with Crippen LogP contribution in [0.4, 0.5) is 20.4 Å². The maximum Gasteiger partial charge on any atom is 0.227 e. The first kappa shape index (κ1) is 26.4. The minimum absolute atomic E-state index is 0.0462. The molecule has 0 radical (unpaired) electrons. The molecule has 5 heterocycles. The monoisotopic (exact) mass is 549 g/mol. The summed E-state index contributed by atoms with van der Waals surface area (Å²) in [4.78, 5) is 26.8. The zero-order valence-electron chi connectivity index (χ0n) is 22.5. The van der Waals surface area contributed by atoms with Gasteiger partial charge in [-0.2, -0.15) is 4.52 Å². The Labute approximate surface area is 231 Å². The molecule has 6 rings (SSSR count). The molecule has 1 aromatic carbocycles. The average molecular weight is 550 g/mol. The fraction of sp³-hybridized carbons (Fsp3) is 0.448. The molecule has 2 aliphatic heterocycles. The van der Waals surface area contributed by atoms with Crippen LogP contribution in [0.1, 0.15) is 56.2 Å². The SMILES string of the molecule is CCN1C(=O)CC(CCCN2CCC(Cc3ccc(F)cc3F)CC2)c2nc(N)n3nc(-c4ccco4)nc3c21. The third kappa shape index (κ3) is 5.05. The molecule has 2 aliphatic rings. The number of nitrogens with zero attached hydrogens (tertiary/aromatic N) is 6. The fourth-order valence-electron chi connectivity index (χ4n) is 6.11. The Balaban J connectivity index is 1.12. The highest BCUT2D eigenvalue weighted by atomic mass is 19.1. The summed E-state index contributed by atoms with van der Waals surface area (Å²) < 4.78 is 34.3. The molecule has 1 amide bonds. The van der Waals surface area contributed by atoms with Crippen LogP contribution in [0.15, 0.2) is 41.0 Å². The van der Waals surface area contributed by atoms with Gasteiger partial charge < -0.3 is 20.0 Å². The molecule has 1 saturated heterocycles.